The molecule has 132 valence electrons. The maximum absolute atomic E-state index is 14.4. The van der Waals surface area contributed by atoms with Crippen molar-refractivity contribution in [2.45, 2.75) is 11.8 Å². The van der Waals surface area contributed by atoms with E-state index in [0.717, 1.165) is 28.7 Å². The van der Waals surface area contributed by atoms with Crippen LogP contribution in [0.25, 0.3) is 21.5 Å². The van der Waals surface area contributed by atoms with E-state index in [1.54, 1.807) is 18.2 Å². The second-order valence-corrected chi connectivity index (χ2v) is 6.26. The van der Waals surface area contributed by atoms with Gasteiger partial charge in [-0.25, -0.2) is 13.2 Å². The van der Waals surface area contributed by atoms with Crippen molar-refractivity contribution in [2.24, 2.45) is 0 Å². The van der Waals surface area contributed by atoms with Gasteiger partial charge in [0, 0.05) is 7.11 Å². The van der Waals surface area contributed by atoms with Crippen molar-refractivity contribution in [3.8, 4) is 0 Å². The molecule has 0 aromatic heterocycles. The second kappa shape index (κ2) is 5.95. The van der Waals surface area contributed by atoms with Gasteiger partial charge in [0.15, 0.2) is 5.83 Å². The number of halogens is 4. The van der Waals surface area contributed by atoms with Crippen LogP contribution in [0, 0.1) is 0 Å². The summed E-state index contributed by atoms with van der Waals surface area (Å²) in [4.78, 5) is 0. The molecule has 0 bridgehead atoms. The van der Waals surface area contributed by atoms with Gasteiger partial charge in [-0.2, -0.15) is 4.39 Å². The topological polar surface area (TPSA) is 9.23 Å². The average molecular weight is 358 g/mol. The summed E-state index contributed by atoms with van der Waals surface area (Å²) in [5.74, 6) is -9.61. The van der Waals surface area contributed by atoms with Gasteiger partial charge < -0.3 is 4.74 Å². The van der Waals surface area contributed by atoms with E-state index in [1.165, 1.54) is 0 Å². The summed E-state index contributed by atoms with van der Waals surface area (Å²) in [6, 6.07) is 16.6. The normalized spacial score (nSPS) is 23.6. The van der Waals surface area contributed by atoms with Crippen LogP contribution in [-0.2, 0) is 4.74 Å². The Morgan fingerprint density at radius 1 is 0.846 bits per heavy atom. The molecule has 0 amide bonds. The van der Waals surface area contributed by atoms with E-state index in [9.17, 15) is 17.6 Å². The number of alkyl halides is 1. The standard InChI is InChI=1S/C21H14F4O/c1-26-21(25)18(22)11-17(19(23)20(21)24)15-7-6-14-8-12-4-2-3-5-13(12)9-16(14)10-15/h2-11,17H,1H3. The van der Waals surface area contributed by atoms with Crippen molar-refractivity contribution in [1.29, 1.82) is 0 Å². The molecule has 3 aromatic carbocycles. The fourth-order valence-corrected chi connectivity index (χ4v) is 3.30. The quantitative estimate of drug-likeness (QED) is 0.380. The summed E-state index contributed by atoms with van der Waals surface area (Å²) in [5, 5.41) is 3.75. The van der Waals surface area contributed by atoms with Gasteiger partial charge in [-0.15, -0.1) is 0 Å². The Morgan fingerprint density at radius 2 is 1.46 bits per heavy atom. The first-order valence-corrected chi connectivity index (χ1v) is 8.04. The molecule has 3 aromatic rings. The van der Waals surface area contributed by atoms with Crippen molar-refractivity contribution >= 4 is 21.5 Å². The Morgan fingerprint density at radius 3 is 2.12 bits per heavy atom. The summed E-state index contributed by atoms with van der Waals surface area (Å²) < 4.78 is 60.8. The molecule has 0 radical (unpaired) electrons. The summed E-state index contributed by atoms with van der Waals surface area (Å²) >= 11 is 0. The summed E-state index contributed by atoms with van der Waals surface area (Å²) in [6.45, 7) is 0. The predicted molar refractivity (Wildman–Crippen MR) is 93.5 cm³/mol. The van der Waals surface area contributed by atoms with Gasteiger partial charge >= 0.3 is 5.85 Å². The molecule has 4 rings (SSSR count). The van der Waals surface area contributed by atoms with Crippen molar-refractivity contribution < 1.29 is 22.3 Å². The van der Waals surface area contributed by atoms with Crippen LogP contribution >= 0.6 is 0 Å². The molecule has 2 unspecified atom stereocenters. The zero-order valence-electron chi connectivity index (χ0n) is 13.8. The molecule has 0 spiro atoms. The summed E-state index contributed by atoms with van der Waals surface area (Å²) in [5.41, 5.74) is 0.328. The molecule has 2 atom stereocenters. The van der Waals surface area contributed by atoms with Crippen LogP contribution < -0.4 is 0 Å². The highest BCUT2D eigenvalue weighted by atomic mass is 19.2. The van der Waals surface area contributed by atoms with Crippen LogP contribution in [0.3, 0.4) is 0 Å². The highest BCUT2D eigenvalue weighted by molar-refractivity contribution is 5.98. The van der Waals surface area contributed by atoms with Gasteiger partial charge in [0.2, 0.25) is 5.83 Å². The van der Waals surface area contributed by atoms with Crippen LogP contribution in [0.15, 0.2) is 78.2 Å². The second-order valence-electron chi connectivity index (χ2n) is 6.26. The number of fused-ring (bicyclic) bond motifs is 2. The highest BCUT2D eigenvalue weighted by Crippen LogP contribution is 2.46. The molecular formula is C21H14F4O. The van der Waals surface area contributed by atoms with Gasteiger partial charge in [0.1, 0.15) is 5.83 Å². The Balaban J connectivity index is 1.85. The fourth-order valence-electron chi connectivity index (χ4n) is 3.30. The van der Waals surface area contributed by atoms with E-state index < -0.39 is 29.3 Å². The van der Waals surface area contributed by atoms with E-state index in [0.29, 0.717) is 11.6 Å². The van der Waals surface area contributed by atoms with Gasteiger partial charge in [-0.3, -0.25) is 0 Å². The average Bonchev–Trinajstić information content (AvgIpc) is 2.67. The van der Waals surface area contributed by atoms with Crippen molar-refractivity contribution in [3.63, 3.8) is 0 Å². The molecule has 0 aliphatic heterocycles. The van der Waals surface area contributed by atoms with Gasteiger partial charge in [-0.05, 0) is 45.3 Å². The molecule has 0 saturated carbocycles. The molecule has 1 aliphatic rings. The number of allylic oxidation sites excluding steroid dienone is 2. The maximum Gasteiger partial charge on any atom is 0.316 e. The van der Waals surface area contributed by atoms with E-state index in [1.807, 2.05) is 36.4 Å². The van der Waals surface area contributed by atoms with Crippen LogP contribution in [0.2, 0.25) is 0 Å². The third kappa shape index (κ3) is 2.42. The zero-order chi connectivity index (χ0) is 18.5. The van der Waals surface area contributed by atoms with Crippen LogP contribution in [0.1, 0.15) is 11.5 Å². The van der Waals surface area contributed by atoms with Crippen LogP contribution in [-0.4, -0.2) is 13.0 Å². The molecule has 1 aliphatic carbocycles. The molecular weight excluding hydrogens is 344 g/mol. The first-order valence-electron chi connectivity index (χ1n) is 8.04. The van der Waals surface area contributed by atoms with Crippen molar-refractivity contribution in [1.82, 2.24) is 0 Å². The maximum atomic E-state index is 14.4. The molecule has 5 heteroatoms. The summed E-state index contributed by atoms with van der Waals surface area (Å²) in [6.07, 6.45) is 0.712. The number of benzene rings is 3. The van der Waals surface area contributed by atoms with E-state index in [2.05, 4.69) is 4.74 Å². The fraction of sp³-hybridized carbons (Fsp3) is 0.143. The molecule has 0 heterocycles. The lowest BCUT2D eigenvalue weighted by Crippen LogP contribution is -2.31. The highest BCUT2D eigenvalue weighted by Gasteiger charge is 2.48. The zero-order valence-corrected chi connectivity index (χ0v) is 13.8. The Bertz CT molecular complexity index is 1090. The third-order valence-corrected chi connectivity index (χ3v) is 4.75. The lowest BCUT2D eigenvalue weighted by atomic mass is 9.89. The van der Waals surface area contributed by atoms with E-state index >= 15 is 0 Å². The molecule has 0 fully saturated rings. The Hall–Kier alpha value is -2.66. The van der Waals surface area contributed by atoms with Crippen molar-refractivity contribution in [3.05, 3.63) is 83.7 Å². The lowest BCUT2D eigenvalue weighted by molar-refractivity contribution is -0.0923. The predicted octanol–water partition coefficient (Wildman–Crippen LogP) is 6.41. The largest absolute Gasteiger partial charge is 0.338 e. The minimum Gasteiger partial charge on any atom is -0.338 e. The van der Waals surface area contributed by atoms with E-state index in [-0.39, 0.29) is 0 Å². The molecule has 0 saturated heterocycles. The van der Waals surface area contributed by atoms with E-state index in [4.69, 9.17) is 0 Å². The number of rotatable bonds is 2. The molecule has 1 nitrogen and oxygen atoms in total. The van der Waals surface area contributed by atoms with Crippen LogP contribution in [0.5, 0.6) is 0 Å². The van der Waals surface area contributed by atoms with Gasteiger partial charge in [0.25, 0.3) is 0 Å². The first-order chi connectivity index (χ1) is 12.4. The number of methoxy groups -OCH3 is 1. The molecule has 0 N–H and O–H groups in total. The third-order valence-electron chi connectivity index (χ3n) is 4.75. The number of hydrogen-bond donors (Lipinski definition) is 0. The Kier molecular flexibility index (Phi) is 3.84. The number of hydrogen-bond acceptors (Lipinski definition) is 1. The SMILES string of the molecule is COC1(F)C(F)=CC(c2ccc3cc4ccccc4cc3c2)C(F)=C1F. The monoisotopic (exact) mass is 358 g/mol. The van der Waals surface area contributed by atoms with Crippen LogP contribution in [0.4, 0.5) is 17.6 Å². The van der Waals surface area contributed by atoms with Gasteiger partial charge in [-0.1, -0.05) is 42.5 Å². The smallest absolute Gasteiger partial charge is 0.316 e. The van der Waals surface area contributed by atoms with Crippen molar-refractivity contribution in [2.75, 3.05) is 7.11 Å². The van der Waals surface area contributed by atoms with Gasteiger partial charge in [0.05, 0.1) is 5.92 Å². The molecule has 26 heavy (non-hydrogen) atoms. The number of ether oxygens (including phenoxy) is 1. The summed E-state index contributed by atoms with van der Waals surface area (Å²) in [7, 11) is 0.780. The lowest BCUT2D eigenvalue weighted by Gasteiger charge is -2.27. The first kappa shape index (κ1) is 16.8. The minimum absolute atomic E-state index is 0.328. The Labute approximate surface area is 147 Å². The minimum atomic E-state index is -3.49.